The van der Waals surface area contributed by atoms with Gasteiger partial charge in [-0.25, -0.2) is 4.98 Å². The van der Waals surface area contributed by atoms with Gasteiger partial charge < -0.3 is 5.32 Å². The summed E-state index contributed by atoms with van der Waals surface area (Å²) in [6.45, 7) is 1.62. The highest BCUT2D eigenvalue weighted by molar-refractivity contribution is 9.10. The Morgan fingerprint density at radius 2 is 1.89 bits per heavy atom. The monoisotopic (exact) mass is 364 g/mol. The Morgan fingerprint density at radius 3 is 2.33 bits per heavy atom. The molecule has 0 atom stereocenters. The van der Waals surface area contributed by atoms with Crippen molar-refractivity contribution < 1.29 is 13.2 Å². The number of halogens is 6. The fraction of sp³-hybridized carbons (Fsp3) is 0.500. The Bertz CT molecular complexity index is 422. The van der Waals surface area contributed by atoms with Crippen LogP contribution >= 0.6 is 39.1 Å². The minimum absolute atomic E-state index is 0.0611. The van der Waals surface area contributed by atoms with E-state index >= 15 is 0 Å². The van der Waals surface area contributed by atoms with Gasteiger partial charge in [-0.05, 0) is 28.9 Å². The molecule has 1 heterocycles. The molecule has 2 nitrogen and oxygen atoms in total. The van der Waals surface area contributed by atoms with Gasteiger partial charge in [-0.3, -0.25) is 0 Å². The summed E-state index contributed by atoms with van der Waals surface area (Å²) in [5, 5.41) is 2.64. The van der Waals surface area contributed by atoms with Crippen molar-refractivity contribution >= 4 is 44.9 Å². The summed E-state index contributed by atoms with van der Waals surface area (Å²) in [6, 6.07) is 0.957. The fourth-order valence-corrected chi connectivity index (χ4v) is 1.89. The molecule has 0 spiro atoms. The maximum atomic E-state index is 12.8. The normalized spacial score (nSPS) is 12.6. The number of hydrogen-bond donors (Lipinski definition) is 1. The minimum atomic E-state index is -4.50. The molecule has 0 fully saturated rings. The molecule has 8 heteroatoms. The molecular formula is C10H10BrCl2F3N2. The van der Waals surface area contributed by atoms with E-state index in [1.165, 1.54) is 6.20 Å². The lowest BCUT2D eigenvalue weighted by atomic mass is 10.1. The molecule has 1 rings (SSSR count). The van der Waals surface area contributed by atoms with Crippen LogP contribution in [0.3, 0.4) is 0 Å². The zero-order chi connectivity index (χ0) is 14.0. The van der Waals surface area contributed by atoms with Gasteiger partial charge in [0.15, 0.2) is 0 Å². The highest BCUT2D eigenvalue weighted by atomic mass is 79.9. The molecule has 0 aliphatic carbocycles. The molecule has 1 N–H and O–H groups in total. The van der Waals surface area contributed by atoms with Gasteiger partial charge in [0.25, 0.3) is 0 Å². The van der Waals surface area contributed by atoms with Crippen LogP contribution in [0.2, 0.25) is 0 Å². The van der Waals surface area contributed by atoms with Crippen LogP contribution in [0.25, 0.3) is 0 Å². The zero-order valence-electron chi connectivity index (χ0n) is 9.28. The first-order chi connectivity index (χ1) is 8.22. The van der Waals surface area contributed by atoms with Gasteiger partial charge in [0.2, 0.25) is 0 Å². The molecule has 0 amide bonds. The van der Waals surface area contributed by atoms with Crippen molar-refractivity contribution in [1.82, 2.24) is 4.98 Å². The lowest BCUT2D eigenvalue weighted by molar-refractivity contribution is -0.137. The first-order valence-electron chi connectivity index (χ1n) is 4.85. The summed E-state index contributed by atoms with van der Waals surface area (Å²) in [6.07, 6.45) is -3.22. The summed E-state index contributed by atoms with van der Waals surface area (Å²) in [7, 11) is 0. The van der Waals surface area contributed by atoms with Crippen molar-refractivity contribution in [2.45, 2.75) is 18.6 Å². The molecule has 0 aliphatic rings. The summed E-state index contributed by atoms with van der Waals surface area (Å²) < 4.78 is 38.8. The van der Waals surface area contributed by atoms with Gasteiger partial charge in [-0.1, -0.05) is 0 Å². The van der Waals surface area contributed by atoms with E-state index in [4.69, 9.17) is 23.2 Å². The summed E-state index contributed by atoms with van der Waals surface area (Å²) in [4.78, 5) is 3.73. The third-order valence-corrected chi connectivity index (χ3v) is 3.78. The van der Waals surface area contributed by atoms with Crippen LogP contribution < -0.4 is 5.32 Å². The summed E-state index contributed by atoms with van der Waals surface area (Å²) in [5.41, 5.74) is -1.72. The van der Waals surface area contributed by atoms with E-state index in [1.807, 2.05) is 0 Å². The number of pyridine rings is 1. The zero-order valence-corrected chi connectivity index (χ0v) is 12.4. The molecule has 0 saturated heterocycles. The molecule has 0 aromatic carbocycles. The molecule has 0 unspecified atom stereocenters. The highest BCUT2D eigenvalue weighted by Gasteiger charge is 2.36. The maximum Gasteiger partial charge on any atom is 0.419 e. The van der Waals surface area contributed by atoms with Crippen LogP contribution in [0.15, 0.2) is 16.7 Å². The van der Waals surface area contributed by atoms with Crippen LogP contribution in [0, 0.1) is 0 Å². The van der Waals surface area contributed by atoms with E-state index in [0.717, 1.165) is 6.07 Å². The quantitative estimate of drug-likeness (QED) is 0.794. The third kappa shape index (κ3) is 3.90. The van der Waals surface area contributed by atoms with Gasteiger partial charge in [-0.15, -0.1) is 23.2 Å². The van der Waals surface area contributed by atoms with E-state index in [-0.39, 0.29) is 22.1 Å². The Labute approximate surface area is 121 Å². The number of rotatable bonds is 4. The van der Waals surface area contributed by atoms with E-state index in [9.17, 15) is 13.2 Å². The van der Waals surface area contributed by atoms with Gasteiger partial charge >= 0.3 is 6.18 Å². The number of aromatic nitrogens is 1. The number of anilines is 1. The molecule has 0 bridgehead atoms. The second-order valence-corrected chi connectivity index (χ2v) is 5.45. The van der Waals surface area contributed by atoms with Crippen molar-refractivity contribution in [3.8, 4) is 0 Å². The van der Waals surface area contributed by atoms with E-state index in [2.05, 4.69) is 26.2 Å². The number of hydrogen-bond acceptors (Lipinski definition) is 2. The fourth-order valence-electron chi connectivity index (χ4n) is 1.14. The maximum absolute atomic E-state index is 12.8. The molecule has 0 radical (unpaired) electrons. The molecule has 1 aromatic heterocycles. The molecule has 18 heavy (non-hydrogen) atoms. The van der Waals surface area contributed by atoms with E-state index in [0.29, 0.717) is 0 Å². The average molecular weight is 366 g/mol. The second kappa shape index (κ2) is 5.84. The van der Waals surface area contributed by atoms with Crippen molar-refractivity contribution in [2.75, 3.05) is 17.1 Å². The molecule has 1 aromatic rings. The van der Waals surface area contributed by atoms with Crippen molar-refractivity contribution in [1.29, 1.82) is 0 Å². The highest BCUT2D eigenvalue weighted by Crippen LogP contribution is 2.36. The van der Waals surface area contributed by atoms with E-state index < -0.39 is 17.3 Å². The SMILES string of the molecule is CC(CCl)(CCl)Nc1ncc(Br)cc1C(F)(F)F. The number of nitrogens with one attached hydrogen (secondary N) is 1. The predicted molar refractivity (Wildman–Crippen MR) is 70.4 cm³/mol. The van der Waals surface area contributed by atoms with Crippen LogP contribution in [0.1, 0.15) is 12.5 Å². The average Bonchev–Trinajstić information content (AvgIpc) is 2.30. The van der Waals surface area contributed by atoms with Crippen LogP contribution in [0.5, 0.6) is 0 Å². The lowest BCUT2D eigenvalue weighted by Crippen LogP contribution is -2.39. The number of nitrogens with zero attached hydrogens (tertiary/aromatic N) is 1. The Morgan fingerprint density at radius 1 is 1.33 bits per heavy atom. The molecule has 0 aliphatic heterocycles. The van der Waals surface area contributed by atoms with Gasteiger partial charge in [0, 0.05) is 22.4 Å². The first-order valence-corrected chi connectivity index (χ1v) is 6.71. The van der Waals surface area contributed by atoms with E-state index in [1.54, 1.807) is 6.92 Å². The van der Waals surface area contributed by atoms with Crippen molar-refractivity contribution in [2.24, 2.45) is 0 Å². The third-order valence-electron chi connectivity index (χ3n) is 2.17. The van der Waals surface area contributed by atoms with Crippen molar-refractivity contribution in [3.05, 3.63) is 22.3 Å². The van der Waals surface area contributed by atoms with Crippen LogP contribution in [0.4, 0.5) is 19.0 Å². The lowest BCUT2D eigenvalue weighted by Gasteiger charge is -2.28. The Hall–Kier alpha value is -0.200. The van der Waals surface area contributed by atoms with Gasteiger partial charge in [-0.2, -0.15) is 13.2 Å². The molecular weight excluding hydrogens is 356 g/mol. The topological polar surface area (TPSA) is 24.9 Å². The van der Waals surface area contributed by atoms with Gasteiger partial charge in [0.1, 0.15) is 5.82 Å². The summed E-state index contributed by atoms with van der Waals surface area (Å²) in [5.74, 6) is -0.161. The Kier molecular flexibility index (Phi) is 5.14. The second-order valence-electron chi connectivity index (χ2n) is 4.00. The Balaban J connectivity index is 3.17. The molecule has 102 valence electrons. The smallest absolute Gasteiger partial charge is 0.362 e. The largest absolute Gasteiger partial charge is 0.419 e. The predicted octanol–water partition coefficient (Wildman–Crippen LogP) is 4.51. The van der Waals surface area contributed by atoms with Gasteiger partial charge in [0.05, 0.1) is 11.1 Å². The first kappa shape index (κ1) is 15.9. The number of alkyl halides is 5. The summed E-state index contributed by atoms with van der Waals surface area (Å²) >= 11 is 14.3. The molecule has 0 saturated carbocycles. The van der Waals surface area contributed by atoms with Crippen molar-refractivity contribution in [3.63, 3.8) is 0 Å². The van der Waals surface area contributed by atoms with Crippen LogP contribution in [-0.4, -0.2) is 22.3 Å². The minimum Gasteiger partial charge on any atom is -0.362 e. The standard InChI is InChI=1S/C10H10BrCl2F3N2/c1-9(4-12,5-13)18-8-7(10(14,15)16)2-6(11)3-17-8/h2-3H,4-5H2,1H3,(H,17,18). The van der Waals surface area contributed by atoms with Crippen LogP contribution in [-0.2, 0) is 6.18 Å².